The van der Waals surface area contributed by atoms with Crippen molar-refractivity contribution in [3.05, 3.63) is 53.3 Å². The number of rotatable bonds is 6. The van der Waals surface area contributed by atoms with E-state index in [0.717, 1.165) is 31.5 Å². The van der Waals surface area contributed by atoms with Crippen molar-refractivity contribution in [3.8, 4) is 0 Å². The third-order valence-corrected chi connectivity index (χ3v) is 5.22. The number of hydrogen-bond donors (Lipinski definition) is 2. The molecule has 0 radical (unpaired) electrons. The Balaban J connectivity index is 0.00000261. The predicted octanol–water partition coefficient (Wildman–Crippen LogP) is 1.70. The molecule has 0 spiro atoms. The molecule has 1 aliphatic heterocycles. The number of halogens is 1. The quantitative estimate of drug-likeness (QED) is 0.753. The van der Waals surface area contributed by atoms with E-state index in [9.17, 15) is 13.2 Å². The molecule has 1 saturated heterocycles. The molecule has 1 fully saturated rings. The SMILES string of the molecule is CS(=O)(=O)Cc1cccc(CNC(=O)c2ccn(C3CCCNC3)n2)c1.Cl. The van der Waals surface area contributed by atoms with Gasteiger partial charge in [0.1, 0.15) is 5.69 Å². The summed E-state index contributed by atoms with van der Waals surface area (Å²) in [6.45, 7) is 2.23. The van der Waals surface area contributed by atoms with Crippen LogP contribution in [0.25, 0.3) is 0 Å². The first kappa shape index (κ1) is 21.4. The van der Waals surface area contributed by atoms with E-state index in [1.54, 1.807) is 24.3 Å². The van der Waals surface area contributed by atoms with Gasteiger partial charge in [0.25, 0.3) is 5.91 Å². The van der Waals surface area contributed by atoms with E-state index in [2.05, 4.69) is 15.7 Å². The summed E-state index contributed by atoms with van der Waals surface area (Å²) in [7, 11) is -3.08. The van der Waals surface area contributed by atoms with Crippen LogP contribution < -0.4 is 10.6 Å². The Hall–Kier alpha value is -1.90. The normalized spacial score (nSPS) is 17.1. The highest BCUT2D eigenvalue weighted by Crippen LogP contribution is 2.16. The lowest BCUT2D eigenvalue weighted by Crippen LogP contribution is -2.32. The maximum Gasteiger partial charge on any atom is 0.272 e. The second-order valence-corrected chi connectivity index (χ2v) is 8.89. The zero-order valence-electron chi connectivity index (χ0n) is 15.2. The molecule has 2 aromatic rings. The Morgan fingerprint density at radius 1 is 1.33 bits per heavy atom. The van der Waals surface area contributed by atoms with Crippen molar-refractivity contribution < 1.29 is 13.2 Å². The molecular formula is C18H25ClN4O3S. The van der Waals surface area contributed by atoms with Gasteiger partial charge in [-0.25, -0.2) is 8.42 Å². The number of nitrogens with zero attached hydrogens (tertiary/aromatic N) is 2. The van der Waals surface area contributed by atoms with E-state index in [1.807, 2.05) is 16.9 Å². The predicted molar refractivity (Wildman–Crippen MR) is 107 cm³/mol. The second-order valence-electron chi connectivity index (χ2n) is 6.75. The molecule has 1 amide bonds. The first-order valence-corrected chi connectivity index (χ1v) is 10.8. The topological polar surface area (TPSA) is 93.1 Å². The molecule has 0 bridgehead atoms. The van der Waals surface area contributed by atoms with Gasteiger partial charge in [-0.3, -0.25) is 9.48 Å². The van der Waals surface area contributed by atoms with Gasteiger partial charge in [0.2, 0.25) is 0 Å². The smallest absolute Gasteiger partial charge is 0.272 e. The van der Waals surface area contributed by atoms with Crippen LogP contribution in [0.5, 0.6) is 0 Å². The third-order valence-electron chi connectivity index (χ3n) is 4.36. The molecule has 0 aliphatic carbocycles. The summed E-state index contributed by atoms with van der Waals surface area (Å²) < 4.78 is 24.7. The average Bonchev–Trinajstić information content (AvgIpc) is 3.09. The fraction of sp³-hybridized carbons (Fsp3) is 0.444. The Kier molecular flexibility index (Phi) is 7.41. The number of benzene rings is 1. The molecule has 2 N–H and O–H groups in total. The van der Waals surface area contributed by atoms with Crippen molar-refractivity contribution in [1.29, 1.82) is 0 Å². The summed E-state index contributed by atoms with van der Waals surface area (Å²) in [5, 5.41) is 10.6. The summed E-state index contributed by atoms with van der Waals surface area (Å²) in [5.41, 5.74) is 1.96. The highest BCUT2D eigenvalue weighted by molar-refractivity contribution is 7.89. The van der Waals surface area contributed by atoms with E-state index in [1.165, 1.54) is 6.26 Å². The standard InChI is InChI=1S/C18H24N4O3S.ClH/c1-26(24,25)13-15-5-2-4-14(10-15)11-20-18(23)17-7-9-22(21-17)16-6-3-8-19-12-16;/h2,4-5,7,9-10,16,19H,3,6,8,11-13H2,1H3,(H,20,23);1H. The lowest BCUT2D eigenvalue weighted by atomic mass is 10.1. The van der Waals surface area contributed by atoms with Crippen molar-refractivity contribution in [2.45, 2.75) is 31.2 Å². The fourth-order valence-electron chi connectivity index (χ4n) is 3.13. The van der Waals surface area contributed by atoms with Gasteiger partial charge in [0, 0.05) is 25.5 Å². The second kappa shape index (κ2) is 9.34. The number of amides is 1. The van der Waals surface area contributed by atoms with Crippen LogP contribution in [0.1, 0.15) is 40.5 Å². The van der Waals surface area contributed by atoms with Gasteiger partial charge in [-0.05, 0) is 36.6 Å². The third kappa shape index (κ3) is 6.34. The number of sulfone groups is 1. The van der Waals surface area contributed by atoms with Gasteiger partial charge in [-0.2, -0.15) is 5.10 Å². The van der Waals surface area contributed by atoms with Crippen molar-refractivity contribution in [1.82, 2.24) is 20.4 Å². The molecule has 27 heavy (non-hydrogen) atoms. The van der Waals surface area contributed by atoms with Gasteiger partial charge in [-0.1, -0.05) is 24.3 Å². The minimum Gasteiger partial charge on any atom is -0.347 e. The number of carbonyl (C=O) groups is 1. The molecule has 2 heterocycles. The summed E-state index contributed by atoms with van der Waals surface area (Å²) >= 11 is 0. The zero-order chi connectivity index (χ0) is 18.6. The van der Waals surface area contributed by atoms with Crippen LogP contribution in [-0.4, -0.2) is 43.5 Å². The number of piperidine rings is 1. The van der Waals surface area contributed by atoms with Crippen LogP contribution in [0.2, 0.25) is 0 Å². The zero-order valence-corrected chi connectivity index (χ0v) is 16.9. The molecule has 1 unspecified atom stereocenters. The van der Waals surface area contributed by atoms with Crippen molar-refractivity contribution in [2.24, 2.45) is 0 Å². The average molecular weight is 413 g/mol. The first-order chi connectivity index (χ1) is 12.4. The van der Waals surface area contributed by atoms with E-state index in [0.29, 0.717) is 17.8 Å². The summed E-state index contributed by atoms with van der Waals surface area (Å²) in [4.78, 5) is 12.3. The molecule has 1 atom stereocenters. The summed E-state index contributed by atoms with van der Waals surface area (Å²) in [6, 6.07) is 9.24. The van der Waals surface area contributed by atoms with Crippen molar-refractivity contribution >= 4 is 28.2 Å². The van der Waals surface area contributed by atoms with Crippen molar-refractivity contribution in [2.75, 3.05) is 19.3 Å². The molecule has 1 aromatic carbocycles. The van der Waals surface area contributed by atoms with Gasteiger partial charge in [0.05, 0.1) is 11.8 Å². The highest BCUT2D eigenvalue weighted by atomic mass is 35.5. The largest absolute Gasteiger partial charge is 0.347 e. The van der Waals surface area contributed by atoms with Crippen molar-refractivity contribution in [3.63, 3.8) is 0 Å². The number of nitrogens with one attached hydrogen (secondary N) is 2. The number of aromatic nitrogens is 2. The fourth-order valence-corrected chi connectivity index (χ4v) is 3.91. The number of hydrogen-bond acceptors (Lipinski definition) is 5. The van der Waals surface area contributed by atoms with Crippen LogP contribution in [0.3, 0.4) is 0 Å². The Morgan fingerprint density at radius 3 is 2.81 bits per heavy atom. The van der Waals surface area contributed by atoms with Crippen LogP contribution in [0, 0.1) is 0 Å². The molecule has 9 heteroatoms. The minimum absolute atomic E-state index is 0. The van der Waals surface area contributed by atoms with E-state index in [4.69, 9.17) is 0 Å². The Bertz CT molecular complexity index is 876. The van der Waals surface area contributed by atoms with Crippen LogP contribution in [-0.2, 0) is 22.1 Å². The van der Waals surface area contributed by atoms with Crippen LogP contribution >= 0.6 is 12.4 Å². The molecule has 148 valence electrons. The molecule has 7 nitrogen and oxygen atoms in total. The molecular weight excluding hydrogens is 388 g/mol. The maximum absolute atomic E-state index is 12.3. The van der Waals surface area contributed by atoms with E-state index in [-0.39, 0.29) is 30.1 Å². The Labute approximate surface area is 165 Å². The van der Waals surface area contributed by atoms with Gasteiger partial charge in [-0.15, -0.1) is 12.4 Å². The number of carbonyl (C=O) groups excluding carboxylic acids is 1. The lowest BCUT2D eigenvalue weighted by molar-refractivity contribution is 0.0944. The van der Waals surface area contributed by atoms with Gasteiger partial charge < -0.3 is 10.6 Å². The van der Waals surface area contributed by atoms with Crippen LogP contribution in [0.4, 0.5) is 0 Å². The molecule has 0 saturated carbocycles. The van der Waals surface area contributed by atoms with Gasteiger partial charge in [0.15, 0.2) is 9.84 Å². The Morgan fingerprint density at radius 2 is 2.11 bits per heavy atom. The van der Waals surface area contributed by atoms with Crippen LogP contribution in [0.15, 0.2) is 36.5 Å². The summed E-state index contributed by atoms with van der Waals surface area (Å²) in [6.07, 6.45) is 5.22. The van der Waals surface area contributed by atoms with E-state index >= 15 is 0 Å². The maximum atomic E-state index is 12.3. The molecule has 3 rings (SSSR count). The first-order valence-electron chi connectivity index (χ1n) is 8.70. The minimum atomic E-state index is -3.08. The highest BCUT2D eigenvalue weighted by Gasteiger charge is 2.17. The molecule has 1 aliphatic rings. The summed E-state index contributed by atoms with van der Waals surface area (Å²) in [5.74, 6) is -0.240. The van der Waals surface area contributed by atoms with E-state index < -0.39 is 9.84 Å². The lowest BCUT2D eigenvalue weighted by Gasteiger charge is -2.22. The molecule has 1 aromatic heterocycles. The monoisotopic (exact) mass is 412 g/mol. The van der Waals surface area contributed by atoms with Gasteiger partial charge >= 0.3 is 0 Å².